The zero-order chi connectivity index (χ0) is 10.8. The highest BCUT2D eigenvalue weighted by molar-refractivity contribution is 7.71. The van der Waals surface area contributed by atoms with Crippen molar-refractivity contribution < 1.29 is 0 Å². The molecule has 1 aromatic rings. The first-order valence-electron chi connectivity index (χ1n) is 6.03. The molecule has 1 aromatic heterocycles. The van der Waals surface area contributed by atoms with E-state index >= 15 is 0 Å². The van der Waals surface area contributed by atoms with E-state index < -0.39 is 0 Å². The molecule has 1 fully saturated rings. The van der Waals surface area contributed by atoms with Crippen molar-refractivity contribution in [2.75, 3.05) is 0 Å². The Balaban J connectivity index is 2.24. The first kappa shape index (κ1) is 10.9. The van der Waals surface area contributed by atoms with Crippen LogP contribution in [0.2, 0.25) is 0 Å². The molecule has 2 nitrogen and oxygen atoms in total. The highest BCUT2D eigenvalue weighted by Gasteiger charge is 2.19. The van der Waals surface area contributed by atoms with Crippen molar-refractivity contribution in [2.24, 2.45) is 0 Å². The fourth-order valence-electron chi connectivity index (χ4n) is 2.38. The molecule has 1 aliphatic rings. The number of nitrogens with zero attached hydrogens (tertiary/aromatic N) is 1. The molecule has 1 atom stereocenters. The monoisotopic (exact) mass is 224 g/mol. The minimum Gasteiger partial charge on any atom is -0.301 e. The van der Waals surface area contributed by atoms with Gasteiger partial charge in [0.15, 0.2) is 0 Å². The standard InChI is InChI=1S/C12H20N2S/c1-3-9(2)14-12(15)8-11(13-14)10-6-4-5-7-10/h8-10,13H,3-7H2,1-2H3. The van der Waals surface area contributed by atoms with Gasteiger partial charge in [0.1, 0.15) is 4.64 Å². The smallest absolute Gasteiger partial charge is 0.122 e. The van der Waals surface area contributed by atoms with Crippen LogP contribution in [0.25, 0.3) is 0 Å². The molecular formula is C12H20N2S. The number of H-pyrrole nitrogens is 1. The quantitative estimate of drug-likeness (QED) is 0.764. The molecule has 1 heterocycles. The minimum atomic E-state index is 0.493. The normalized spacial score (nSPS) is 19.6. The van der Waals surface area contributed by atoms with Crippen LogP contribution in [-0.4, -0.2) is 9.78 Å². The van der Waals surface area contributed by atoms with Crippen molar-refractivity contribution in [2.45, 2.75) is 57.9 Å². The Kier molecular flexibility index (Phi) is 3.29. The maximum absolute atomic E-state index is 5.38. The van der Waals surface area contributed by atoms with Gasteiger partial charge in [0.25, 0.3) is 0 Å². The van der Waals surface area contributed by atoms with Crippen molar-refractivity contribution in [3.63, 3.8) is 0 Å². The molecule has 1 unspecified atom stereocenters. The topological polar surface area (TPSA) is 20.7 Å². The van der Waals surface area contributed by atoms with Gasteiger partial charge in [0, 0.05) is 17.7 Å². The van der Waals surface area contributed by atoms with Crippen LogP contribution >= 0.6 is 12.2 Å². The molecule has 0 aromatic carbocycles. The predicted molar refractivity (Wildman–Crippen MR) is 65.8 cm³/mol. The molecular weight excluding hydrogens is 204 g/mol. The molecule has 3 heteroatoms. The minimum absolute atomic E-state index is 0.493. The number of aromatic amines is 1. The van der Waals surface area contributed by atoms with Gasteiger partial charge in [-0.2, -0.15) is 0 Å². The Hall–Kier alpha value is -0.570. The first-order chi connectivity index (χ1) is 7.22. The van der Waals surface area contributed by atoms with E-state index in [1.54, 1.807) is 0 Å². The SMILES string of the molecule is CCC(C)n1[nH]c(C2CCCC2)cc1=S. The summed E-state index contributed by atoms with van der Waals surface area (Å²) in [5, 5.41) is 3.49. The lowest BCUT2D eigenvalue weighted by Gasteiger charge is -2.11. The zero-order valence-corrected chi connectivity index (χ0v) is 10.4. The van der Waals surface area contributed by atoms with Gasteiger partial charge in [0.05, 0.1) is 0 Å². The van der Waals surface area contributed by atoms with E-state index in [0.717, 1.165) is 17.0 Å². The van der Waals surface area contributed by atoms with Crippen LogP contribution in [0.5, 0.6) is 0 Å². The van der Waals surface area contributed by atoms with Gasteiger partial charge in [-0.05, 0) is 32.3 Å². The summed E-state index contributed by atoms with van der Waals surface area (Å²) in [4.78, 5) is 0. The number of hydrogen-bond donors (Lipinski definition) is 1. The van der Waals surface area contributed by atoms with Crippen LogP contribution in [0, 0.1) is 4.64 Å². The maximum Gasteiger partial charge on any atom is 0.122 e. The Bertz CT molecular complexity index is 371. The van der Waals surface area contributed by atoms with Crippen molar-refractivity contribution in [1.82, 2.24) is 9.78 Å². The third kappa shape index (κ3) is 2.17. The average Bonchev–Trinajstić information content (AvgIpc) is 2.84. The van der Waals surface area contributed by atoms with Gasteiger partial charge in [-0.3, -0.25) is 4.68 Å². The highest BCUT2D eigenvalue weighted by atomic mass is 32.1. The lowest BCUT2D eigenvalue weighted by molar-refractivity contribution is 0.464. The van der Waals surface area contributed by atoms with Crippen molar-refractivity contribution in [3.8, 4) is 0 Å². The second kappa shape index (κ2) is 4.52. The van der Waals surface area contributed by atoms with Crippen LogP contribution in [0.3, 0.4) is 0 Å². The number of rotatable bonds is 3. The summed E-state index contributed by atoms with van der Waals surface area (Å²) < 4.78 is 3.11. The molecule has 0 amide bonds. The molecule has 1 saturated carbocycles. The van der Waals surface area contributed by atoms with Gasteiger partial charge < -0.3 is 5.10 Å². The number of hydrogen-bond acceptors (Lipinski definition) is 1. The summed E-state index contributed by atoms with van der Waals surface area (Å²) in [6, 6.07) is 2.66. The summed E-state index contributed by atoms with van der Waals surface area (Å²) in [7, 11) is 0. The van der Waals surface area contributed by atoms with Gasteiger partial charge >= 0.3 is 0 Å². The fourth-order valence-corrected chi connectivity index (χ4v) is 2.74. The van der Waals surface area contributed by atoms with Gasteiger partial charge in [-0.15, -0.1) is 0 Å². The second-order valence-electron chi connectivity index (χ2n) is 4.66. The Morgan fingerprint density at radius 3 is 2.80 bits per heavy atom. The van der Waals surface area contributed by atoms with E-state index in [-0.39, 0.29) is 0 Å². The van der Waals surface area contributed by atoms with Crippen molar-refractivity contribution in [3.05, 3.63) is 16.4 Å². The van der Waals surface area contributed by atoms with E-state index in [4.69, 9.17) is 12.2 Å². The zero-order valence-electron chi connectivity index (χ0n) is 9.62. The second-order valence-corrected chi connectivity index (χ2v) is 5.08. The molecule has 2 rings (SSSR count). The largest absolute Gasteiger partial charge is 0.301 e. The molecule has 0 bridgehead atoms. The van der Waals surface area contributed by atoms with E-state index in [9.17, 15) is 0 Å². The summed E-state index contributed by atoms with van der Waals surface area (Å²) >= 11 is 5.38. The molecule has 0 spiro atoms. The summed E-state index contributed by atoms with van der Waals surface area (Å²) in [5.74, 6) is 0.733. The van der Waals surface area contributed by atoms with E-state index in [2.05, 4.69) is 29.7 Å². The van der Waals surface area contributed by atoms with Crippen LogP contribution in [0.15, 0.2) is 6.07 Å². The summed E-state index contributed by atoms with van der Waals surface area (Å²) in [6.07, 6.45) is 6.53. The Morgan fingerprint density at radius 2 is 2.20 bits per heavy atom. The lowest BCUT2D eigenvalue weighted by atomic mass is 10.1. The van der Waals surface area contributed by atoms with Gasteiger partial charge in [0.2, 0.25) is 0 Å². The van der Waals surface area contributed by atoms with Crippen molar-refractivity contribution >= 4 is 12.2 Å². The lowest BCUT2D eigenvalue weighted by Crippen LogP contribution is -2.06. The molecule has 1 N–H and O–H groups in total. The third-order valence-electron chi connectivity index (χ3n) is 3.59. The maximum atomic E-state index is 5.38. The Morgan fingerprint density at radius 1 is 1.53 bits per heavy atom. The summed E-state index contributed by atoms with van der Waals surface area (Å²) in [5.41, 5.74) is 1.36. The van der Waals surface area contributed by atoms with E-state index in [1.807, 2.05) is 0 Å². The predicted octanol–water partition coefficient (Wildman–Crippen LogP) is 4.17. The van der Waals surface area contributed by atoms with E-state index in [0.29, 0.717) is 6.04 Å². The van der Waals surface area contributed by atoms with E-state index in [1.165, 1.54) is 31.4 Å². The molecule has 0 aliphatic heterocycles. The van der Waals surface area contributed by atoms with Crippen LogP contribution in [-0.2, 0) is 0 Å². The van der Waals surface area contributed by atoms with Crippen molar-refractivity contribution in [1.29, 1.82) is 0 Å². The number of nitrogens with one attached hydrogen (secondary N) is 1. The molecule has 0 saturated heterocycles. The highest BCUT2D eigenvalue weighted by Crippen LogP contribution is 2.33. The molecule has 15 heavy (non-hydrogen) atoms. The Labute approximate surface area is 96.7 Å². The van der Waals surface area contributed by atoms with Crippen LogP contribution in [0.4, 0.5) is 0 Å². The summed E-state index contributed by atoms with van der Waals surface area (Å²) in [6.45, 7) is 4.41. The van der Waals surface area contributed by atoms with Crippen LogP contribution < -0.4 is 0 Å². The van der Waals surface area contributed by atoms with Crippen LogP contribution in [0.1, 0.15) is 63.6 Å². The molecule has 0 radical (unpaired) electrons. The molecule has 1 aliphatic carbocycles. The first-order valence-corrected chi connectivity index (χ1v) is 6.44. The van der Waals surface area contributed by atoms with Gasteiger partial charge in [-0.25, -0.2) is 0 Å². The third-order valence-corrected chi connectivity index (χ3v) is 3.91. The molecule has 84 valence electrons. The fraction of sp³-hybridized carbons (Fsp3) is 0.750. The number of aromatic nitrogens is 2. The average molecular weight is 224 g/mol. The van der Waals surface area contributed by atoms with Gasteiger partial charge in [-0.1, -0.05) is 32.0 Å².